The summed E-state index contributed by atoms with van der Waals surface area (Å²) in [6, 6.07) is 0.257. The molecule has 1 rings (SSSR count). The lowest BCUT2D eigenvalue weighted by Crippen LogP contribution is -2.46. The average Bonchev–Trinajstić information content (AvgIpc) is 2.39. The Morgan fingerprint density at radius 3 is 2.42 bits per heavy atom. The van der Waals surface area contributed by atoms with Crippen molar-refractivity contribution in [3.05, 3.63) is 0 Å². The number of piperidine rings is 1. The largest absolute Gasteiger partial charge is 0.466 e. The second-order valence-corrected chi connectivity index (χ2v) is 4.81. The predicted molar refractivity (Wildman–Crippen MR) is 71.6 cm³/mol. The van der Waals surface area contributed by atoms with Crippen LogP contribution in [0.3, 0.4) is 0 Å². The first kappa shape index (κ1) is 16.0. The molecule has 110 valence electrons. The molecule has 0 aromatic rings. The number of likely N-dealkylation sites (tertiary alicyclic amines) is 1. The topological polar surface area (TPSA) is 55.8 Å². The highest BCUT2D eigenvalue weighted by Crippen LogP contribution is 2.25. The van der Waals surface area contributed by atoms with Crippen molar-refractivity contribution in [2.24, 2.45) is 5.92 Å². The van der Waals surface area contributed by atoms with E-state index >= 15 is 0 Å². The van der Waals surface area contributed by atoms with Gasteiger partial charge in [-0.05, 0) is 39.7 Å². The number of hydrogen-bond donors (Lipinski definition) is 0. The Hall–Kier alpha value is -1.10. The van der Waals surface area contributed by atoms with E-state index in [1.54, 1.807) is 0 Å². The molecule has 1 fully saturated rings. The summed E-state index contributed by atoms with van der Waals surface area (Å²) in [7, 11) is 0. The molecule has 1 heterocycles. The highest BCUT2D eigenvalue weighted by molar-refractivity contribution is 5.73. The van der Waals surface area contributed by atoms with E-state index in [1.165, 1.54) is 0 Å². The van der Waals surface area contributed by atoms with Crippen molar-refractivity contribution in [3.63, 3.8) is 0 Å². The summed E-state index contributed by atoms with van der Waals surface area (Å²) < 4.78 is 10.1. The molecule has 0 unspecified atom stereocenters. The van der Waals surface area contributed by atoms with E-state index in [2.05, 4.69) is 11.8 Å². The Morgan fingerprint density at radius 2 is 1.84 bits per heavy atom. The smallest absolute Gasteiger partial charge is 0.320 e. The van der Waals surface area contributed by atoms with Gasteiger partial charge in [0, 0.05) is 6.04 Å². The second-order valence-electron chi connectivity index (χ2n) is 4.81. The van der Waals surface area contributed by atoms with Crippen LogP contribution < -0.4 is 0 Å². The first-order chi connectivity index (χ1) is 9.12. The number of rotatable bonds is 6. The molecule has 0 amide bonds. The number of carbonyl (C=O) groups excluding carboxylic acids is 2. The zero-order chi connectivity index (χ0) is 14.3. The van der Waals surface area contributed by atoms with Crippen molar-refractivity contribution in [1.29, 1.82) is 0 Å². The van der Waals surface area contributed by atoms with Gasteiger partial charge in [0.2, 0.25) is 0 Å². The van der Waals surface area contributed by atoms with Gasteiger partial charge in [-0.3, -0.25) is 14.5 Å². The number of carbonyl (C=O) groups is 2. The summed E-state index contributed by atoms with van der Waals surface area (Å²) in [5.41, 5.74) is 0. The summed E-state index contributed by atoms with van der Waals surface area (Å²) in [6.07, 6.45) is 2.46. The van der Waals surface area contributed by atoms with Crippen LogP contribution in [0, 0.1) is 5.92 Å². The Morgan fingerprint density at radius 1 is 1.16 bits per heavy atom. The first-order valence-electron chi connectivity index (χ1n) is 7.18. The van der Waals surface area contributed by atoms with Gasteiger partial charge < -0.3 is 9.47 Å². The monoisotopic (exact) mass is 271 g/mol. The molecule has 0 N–H and O–H groups in total. The van der Waals surface area contributed by atoms with Crippen molar-refractivity contribution < 1.29 is 19.1 Å². The molecule has 2 atom stereocenters. The van der Waals surface area contributed by atoms with Gasteiger partial charge in [0.15, 0.2) is 0 Å². The zero-order valence-electron chi connectivity index (χ0n) is 12.2. The second kappa shape index (κ2) is 8.15. The van der Waals surface area contributed by atoms with Crippen molar-refractivity contribution in [3.8, 4) is 0 Å². The van der Waals surface area contributed by atoms with E-state index in [0.717, 1.165) is 25.8 Å². The van der Waals surface area contributed by atoms with E-state index in [1.807, 2.05) is 13.8 Å². The number of esters is 2. The SMILES string of the molecule is CCOC(=O)CN1CC[C@@H](C(=O)OCC)C[C@H]1CC. The van der Waals surface area contributed by atoms with Crippen molar-refractivity contribution in [2.45, 2.75) is 46.1 Å². The van der Waals surface area contributed by atoms with Crippen LogP contribution in [0.4, 0.5) is 0 Å². The minimum absolute atomic E-state index is 0.0247. The fourth-order valence-corrected chi connectivity index (χ4v) is 2.58. The normalized spacial score (nSPS) is 23.9. The lowest BCUT2D eigenvalue weighted by atomic mass is 9.89. The van der Waals surface area contributed by atoms with Crippen LogP contribution in [0.1, 0.15) is 40.0 Å². The Balaban J connectivity index is 2.51. The van der Waals surface area contributed by atoms with E-state index in [0.29, 0.717) is 19.8 Å². The van der Waals surface area contributed by atoms with Crippen molar-refractivity contribution >= 4 is 11.9 Å². The highest BCUT2D eigenvalue weighted by Gasteiger charge is 2.33. The molecule has 0 radical (unpaired) electrons. The summed E-state index contributed by atoms with van der Waals surface area (Å²) >= 11 is 0. The zero-order valence-corrected chi connectivity index (χ0v) is 12.2. The molecule has 1 aliphatic heterocycles. The van der Waals surface area contributed by atoms with Crippen molar-refractivity contribution in [2.75, 3.05) is 26.3 Å². The van der Waals surface area contributed by atoms with Gasteiger partial charge in [0.1, 0.15) is 0 Å². The number of nitrogens with zero attached hydrogens (tertiary/aromatic N) is 1. The number of hydrogen-bond acceptors (Lipinski definition) is 5. The van der Waals surface area contributed by atoms with Gasteiger partial charge in [0.25, 0.3) is 0 Å². The Bertz CT molecular complexity index is 306. The molecular formula is C14H25NO4. The minimum atomic E-state index is -0.185. The van der Waals surface area contributed by atoms with Gasteiger partial charge in [0.05, 0.1) is 25.7 Å². The molecule has 19 heavy (non-hydrogen) atoms. The van der Waals surface area contributed by atoms with Crippen LogP contribution >= 0.6 is 0 Å². The maximum absolute atomic E-state index is 11.8. The molecule has 0 aromatic heterocycles. The molecular weight excluding hydrogens is 246 g/mol. The van der Waals surface area contributed by atoms with E-state index in [4.69, 9.17) is 9.47 Å². The fourth-order valence-electron chi connectivity index (χ4n) is 2.58. The molecule has 0 saturated carbocycles. The molecule has 1 saturated heterocycles. The van der Waals surface area contributed by atoms with Gasteiger partial charge >= 0.3 is 11.9 Å². The third-order valence-electron chi connectivity index (χ3n) is 3.57. The predicted octanol–water partition coefficient (Wildman–Crippen LogP) is 1.60. The molecule has 5 nitrogen and oxygen atoms in total. The lowest BCUT2D eigenvalue weighted by Gasteiger charge is -2.37. The third kappa shape index (κ3) is 4.82. The van der Waals surface area contributed by atoms with Crippen LogP contribution in [0.2, 0.25) is 0 Å². The van der Waals surface area contributed by atoms with Gasteiger partial charge in [-0.2, -0.15) is 0 Å². The van der Waals surface area contributed by atoms with Crippen LogP contribution in [-0.4, -0.2) is 49.2 Å². The molecule has 0 spiro atoms. The molecule has 0 aromatic carbocycles. The molecule has 0 bridgehead atoms. The fraction of sp³-hybridized carbons (Fsp3) is 0.857. The van der Waals surface area contributed by atoms with E-state index < -0.39 is 0 Å². The standard InChI is InChI=1S/C14H25NO4/c1-4-12-9-11(14(17)19-6-3)7-8-15(12)10-13(16)18-5-2/h11-12H,4-10H2,1-3H3/t11-,12-/m1/s1. The van der Waals surface area contributed by atoms with Crippen LogP contribution in [0.15, 0.2) is 0 Å². The maximum Gasteiger partial charge on any atom is 0.320 e. The van der Waals surface area contributed by atoms with Gasteiger partial charge in [-0.1, -0.05) is 6.92 Å². The summed E-state index contributed by atoms with van der Waals surface area (Å²) in [4.78, 5) is 25.4. The van der Waals surface area contributed by atoms with Crippen LogP contribution in [0.5, 0.6) is 0 Å². The molecule has 5 heteroatoms. The number of ether oxygens (including phenoxy) is 2. The van der Waals surface area contributed by atoms with Crippen LogP contribution in [-0.2, 0) is 19.1 Å². The average molecular weight is 271 g/mol. The van der Waals surface area contributed by atoms with Crippen molar-refractivity contribution in [1.82, 2.24) is 4.90 Å². The maximum atomic E-state index is 11.8. The molecule has 0 aliphatic carbocycles. The van der Waals surface area contributed by atoms with E-state index in [-0.39, 0.29) is 23.9 Å². The lowest BCUT2D eigenvalue weighted by molar-refractivity contribution is -0.151. The quantitative estimate of drug-likeness (QED) is 0.687. The highest BCUT2D eigenvalue weighted by atomic mass is 16.5. The minimum Gasteiger partial charge on any atom is -0.466 e. The van der Waals surface area contributed by atoms with Crippen LogP contribution in [0.25, 0.3) is 0 Å². The van der Waals surface area contributed by atoms with Gasteiger partial charge in [-0.25, -0.2) is 0 Å². The van der Waals surface area contributed by atoms with E-state index in [9.17, 15) is 9.59 Å². The van der Waals surface area contributed by atoms with Gasteiger partial charge in [-0.15, -0.1) is 0 Å². The summed E-state index contributed by atoms with van der Waals surface area (Å²) in [5.74, 6) is -0.310. The Labute approximate surface area is 115 Å². The summed E-state index contributed by atoms with van der Waals surface area (Å²) in [5, 5.41) is 0. The summed E-state index contributed by atoms with van der Waals surface area (Å²) in [6.45, 7) is 7.62. The Kier molecular flexibility index (Phi) is 6.84. The first-order valence-corrected chi connectivity index (χ1v) is 7.18. The molecule has 1 aliphatic rings. The third-order valence-corrected chi connectivity index (χ3v) is 3.57.